The molecule has 1 saturated carbocycles. The van der Waals surface area contributed by atoms with Crippen LogP contribution in [0.15, 0.2) is 12.1 Å². The van der Waals surface area contributed by atoms with Gasteiger partial charge in [-0.15, -0.1) is 0 Å². The Morgan fingerprint density at radius 3 is 2.73 bits per heavy atom. The number of hydrogen-bond donors (Lipinski definition) is 3. The minimum absolute atomic E-state index is 0. The molecule has 22 heavy (non-hydrogen) atoms. The normalized spacial score (nSPS) is 14.8. The zero-order chi connectivity index (χ0) is 15.1. The number of carbonyl (C=O) groups excluding carboxylic acids is 1. The number of halogens is 1. The van der Waals surface area contributed by atoms with Crippen molar-refractivity contribution in [3.63, 3.8) is 0 Å². The number of hydrogen-bond acceptors (Lipinski definition) is 4. The standard InChI is InChI=1S/C15H24N4O2.ClH/c1-2-21-15(20)18-12-8-9-13(19-14(12)16)17-10-11-6-4-3-5-7-11;/h8-9,11H,2-7,10H2,1H3,(H,18,20)(H3,16,17,19);1H. The quantitative estimate of drug-likeness (QED) is 0.689. The minimum atomic E-state index is -0.500. The Morgan fingerprint density at radius 1 is 1.36 bits per heavy atom. The van der Waals surface area contributed by atoms with Crippen LogP contribution in [0.2, 0.25) is 0 Å². The van der Waals surface area contributed by atoms with Gasteiger partial charge in [0.1, 0.15) is 5.69 Å². The Labute approximate surface area is 137 Å². The molecule has 0 aliphatic heterocycles. The lowest BCUT2D eigenvalue weighted by Crippen LogP contribution is -3.00. The number of anilines is 3. The maximum atomic E-state index is 11.4. The summed E-state index contributed by atoms with van der Waals surface area (Å²) in [6.45, 7) is 3.05. The van der Waals surface area contributed by atoms with E-state index in [4.69, 9.17) is 10.5 Å². The summed E-state index contributed by atoms with van der Waals surface area (Å²) in [5.74, 6) is 2.02. The molecule has 5 N–H and O–H groups in total. The molecule has 1 aliphatic carbocycles. The Bertz CT molecular complexity index is 479. The summed E-state index contributed by atoms with van der Waals surface area (Å²) < 4.78 is 4.82. The molecule has 1 heterocycles. The second-order valence-corrected chi connectivity index (χ2v) is 5.43. The van der Waals surface area contributed by atoms with Crippen molar-refractivity contribution in [2.24, 2.45) is 5.92 Å². The van der Waals surface area contributed by atoms with Crippen molar-refractivity contribution in [2.45, 2.75) is 39.0 Å². The maximum absolute atomic E-state index is 11.4. The summed E-state index contributed by atoms with van der Waals surface area (Å²) in [6.07, 6.45) is 6.13. The van der Waals surface area contributed by atoms with Gasteiger partial charge in [0.2, 0.25) is 11.6 Å². The number of nitrogens with two attached hydrogens (primary N) is 1. The van der Waals surface area contributed by atoms with Gasteiger partial charge in [-0.05, 0) is 31.7 Å². The Morgan fingerprint density at radius 2 is 2.09 bits per heavy atom. The molecule has 0 spiro atoms. The van der Waals surface area contributed by atoms with Crippen LogP contribution in [0, 0.1) is 5.92 Å². The number of nitrogen functional groups attached to an aromatic ring is 1. The van der Waals surface area contributed by atoms with Crippen molar-refractivity contribution in [1.82, 2.24) is 0 Å². The molecule has 1 fully saturated rings. The first-order valence-corrected chi connectivity index (χ1v) is 7.68. The van der Waals surface area contributed by atoms with Crippen LogP contribution in [0.5, 0.6) is 0 Å². The van der Waals surface area contributed by atoms with Crippen LogP contribution in [0.3, 0.4) is 0 Å². The van der Waals surface area contributed by atoms with Crippen molar-refractivity contribution in [2.75, 3.05) is 29.5 Å². The van der Waals surface area contributed by atoms with E-state index in [0.29, 0.717) is 18.1 Å². The average Bonchev–Trinajstić information content (AvgIpc) is 2.49. The largest absolute Gasteiger partial charge is 1.00 e. The summed E-state index contributed by atoms with van der Waals surface area (Å²) in [4.78, 5) is 14.4. The number of nitrogens with one attached hydrogen (secondary N) is 3. The van der Waals surface area contributed by atoms with Crippen molar-refractivity contribution in [3.8, 4) is 0 Å². The fourth-order valence-electron chi connectivity index (χ4n) is 2.65. The zero-order valence-electron chi connectivity index (χ0n) is 13.0. The molecule has 0 atom stereocenters. The van der Waals surface area contributed by atoms with Crippen LogP contribution in [0.25, 0.3) is 0 Å². The van der Waals surface area contributed by atoms with E-state index in [9.17, 15) is 4.79 Å². The molecule has 1 aromatic rings. The average molecular weight is 329 g/mol. The van der Waals surface area contributed by atoms with Gasteiger partial charge in [0, 0.05) is 6.07 Å². The first kappa shape index (κ1) is 18.4. The molecule has 124 valence electrons. The van der Waals surface area contributed by atoms with E-state index in [1.54, 1.807) is 13.0 Å². The van der Waals surface area contributed by atoms with E-state index in [2.05, 4.69) is 15.6 Å². The van der Waals surface area contributed by atoms with E-state index in [1.165, 1.54) is 32.1 Å². The number of aromatic amines is 1. The fourth-order valence-corrected chi connectivity index (χ4v) is 2.65. The topological polar surface area (TPSA) is 90.5 Å². The molecule has 1 amide bonds. The van der Waals surface area contributed by atoms with E-state index in [-0.39, 0.29) is 12.4 Å². The fraction of sp³-hybridized carbons (Fsp3) is 0.600. The molecule has 1 aliphatic rings. The third-order valence-corrected chi connectivity index (χ3v) is 3.79. The number of rotatable bonds is 5. The number of H-pyrrole nitrogens is 1. The molecule has 0 aromatic carbocycles. The molecule has 0 unspecified atom stereocenters. The number of pyridine rings is 1. The molecular formula is C15H25ClN4O2. The van der Waals surface area contributed by atoms with Crippen molar-refractivity contribution < 1.29 is 26.9 Å². The van der Waals surface area contributed by atoms with Crippen molar-refractivity contribution in [1.29, 1.82) is 0 Å². The van der Waals surface area contributed by atoms with Crippen molar-refractivity contribution in [3.05, 3.63) is 12.1 Å². The summed E-state index contributed by atoms with van der Waals surface area (Å²) in [5.41, 5.74) is 6.43. The number of ether oxygens (including phenoxy) is 1. The summed E-state index contributed by atoms with van der Waals surface area (Å²) >= 11 is 0. The monoisotopic (exact) mass is 328 g/mol. The van der Waals surface area contributed by atoms with E-state index in [0.717, 1.165) is 18.3 Å². The first-order valence-electron chi connectivity index (χ1n) is 7.68. The van der Waals surface area contributed by atoms with Crippen molar-refractivity contribution >= 4 is 23.4 Å². The lowest BCUT2D eigenvalue weighted by molar-refractivity contribution is -0.342. The molecule has 6 nitrogen and oxygen atoms in total. The number of amides is 1. The highest BCUT2D eigenvalue weighted by Crippen LogP contribution is 2.23. The smallest absolute Gasteiger partial charge is 0.411 e. The van der Waals surface area contributed by atoms with Crippen LogP contribution in [0.1, 0.15) is 39.0 Å². The maximum Gasteiger partial charge on any atom is 0.411 e. The van der Waals surface area contributed by atoms with Gasteiger partial charge in [-0.25, -0.2) is 9.78 Å². The predicted molar refractivity (Wildman–Crippen MR) is 83.1 cm³/mol. The number of aromatic nitrogens is 1. The molecule has 0 bridgehead atoms. The minimum Gasteiger partial charge on any atom is -1.00 e. The molecule has 2 rings (SSSR count). The van der Waals surface area contributed by atoms with Crippen LogP contribution < -0.4 is 33.8 Å². The van der Waals surface area contributed by atoms with Gasteiger partial charge in [-0.3, -0.25) is 5.32 Å². The van der Waals surface area contributed by atoms with Crippen LogP contribution in [0.4, 0.5) is 22.1 Å². The summed E-state index contributed by atoms with van der Waals surface area (Å²) in [6, 6.07) is 3.65. The molecule has 0 radical (unpaired) electrons. The second-order valence-electron chi connectivity index (χ2n) is 5.43. The van der Waals surface area contributed by atoms with E-state index >= 15 is 0 Å². The van der Waals surface area contributed by atoms with Gasteiger partial charge in [0.05, 0.1) is 13.2 Å². The van der Waals surface area contributed by atoms with Gasteiger partial charge >= 0.3 is 6.09 Å². The van der Waals surface area contributed by atoms with Gasteiger partial charge in [-0.1, -0.05) is 19.3 Å². The third-order valence-electron chi connectivity index (χ3n) is 3.79. The highest BCUT2D eigenvalue weighted by molar-refractivity contribution is 5.87. The SMILES string of the molecule is CCOC(=O)Nc1ccc(NCC2CCCCC2)[nH+]c1N.[Cl-]. The van der Waals surface area contributed by atoms with E-state index < -0.39 is 6.09 Å². The van der Waals surface area contributed by atoms with Gasteiger partial charge in [0.25, 0.3) is 0 Å². The highest BCUT2D eigenvalue weighted by atomic mass is 35.5. The molecule has 1 aromatic heterocycles. The zero-order valence-corrected chi connectivity index (χ0v) is 13.7. The Hall–Kier alpha value is -1.69. The van der Waals surface area contributed by atoms with Crippen LogP contribution in [-0.4, -0.2) is 19.2 Å². The highest BCUT2D eigenvalue weighted by Gasteiger charge is 2.15. The summed E-state index contributed by atoms with van der Waals surface area (Å²) in [5, 5.41) is 5.98. The lowest BCUT2D eigenvalue weighted by Gasteiger charge is -2.20. The Kier molecular flexibility index (Phi) is 7.80. The predicted octanol–water partition coefficient (Wildman–Crippen LogP) is -0.352. The van der Waals surface area contributed by atoms with Crippen LogP contribution in [-0.2, 0) is 4.74 Å². The molecule has 7 heteroatoms. The third kappa shape index (κ3) is 5.60. The van der Waals surface area contributed by atoms with Gasteiger partial charge in [-0.2, -0.15) is 0 Å². The lowest BCUT2D eigenvalue weighted by atomic mass is 9.89. The Balaban J connectivity index is 0.00000242. The first-order chi connectivity index (χ1) is 10.2. The number of carbonyl (C=O) groups is 1. The van der Waals surface area contributed by atoms with Gasteiger partial charge < -0.3 is 28.2 Å². The van der Waals surface area contributed by atoms with E-state index in [1.807, 2.05) is 6.07 Å². The van der Waals surface area contributed by atoms with Gasteiger partial charge in [0.15, 0.2) is 0 Å². The molecule has 0 saturated heterocycles. The van der Waals surface area contributed by atoms with Crippen LogP contribution >= 0.6 is 0 Å². The second kappa shape index (κ2) is 9.35. The molecular weight excluding hydrogens is 304 g/mol. The summed E-state index contributed by atoms with van der Waals surface area (Å²) in [7, 11) is 0.